The smallest absolute Gasteiger partial charge is 0.410 e. The number of ether oxygens (including phenoxy) is 1. The molecule has 0 aliphatic rings. The van der Waals surface area contributed by atoms with Crippen LogP contribution in [0.5, 0.6) is 5.75 Å². The molecule has 0 radical (unpaired) electrons. The summed E-state index contributed by atoms with van der Waals surface area (Å²) in [7, 11) is 1.52. The number of likely N-dealkylation sites (N-methyl/N-ethyl adjacent to an activating group) is 1. The molecule has 0 heterocycles. The summed E-state index contributed by atoms with van der Waals surface area (Å²) >= 11 is 0. The van der Waals surface area contributed by atoms with Gasteiger partial charge in [-0.2, -0.15) is 0 Å². The molecule has 0 aliphatic carbocycles. The monoisotopic (exact) mass is 250 g/mol. The second-order valence-corrected chi connectivity index (χ2v) is 4.26. The molecule has 5 nitrogen and oxygen atoms in total. The van der Waals surface area contributed by atoms with Gasteiger partial charge in [0.05, 0.1) is 0 Å². The van der Waals surface area contributed by atoms with Crippen LogP contribution in [0.4, 0.5) is 4.79 Å². The first-order valence-electron chi connectivity index (χ1n) is 5.76. The molecule has 18 heavy (non-hydrogen) atoms. The molecule has 1 aromatic rings. The number of rotatable bonds is 4. The fourth-order valence-electron chi connectivity index (χ4n) is 1.31. The lowest BCUT2D eigenvalue weighted by Crippen LogP contribution is -2.41. The topological polar surface area (TPSA) is 58.6 Å². The average molecular weight is 250 g/mol. The van der Waals surface area contributed by atoms with Crippen LogP contribution in [0.1, 0.15) is 13.8 Å². The first kappa shape index (κ1) is 14.0. The van der Waals surface area contributed by atoms with Gasteiger partial charge in [-0.05, 0) is 26.0 Å². The Bertz CT molecular complexity index is 404. The van der Waals surface area contributed by atoms with Crippen molar-refractivity contribution < 1.29 is 14.3 Å². The minimum absolute atomic E-state index is 0.0240. The summed E-state index contributed by atoms with van der Waals surface area (Å²) in [4.78, 5) is 24.3. The number of carbonyl (C=O) groups is 2. The Labute approximate surface area is 107 Å². The van der Waals surface area contributed by atoms with Gasteiger partial charge in [0, 0.05) is 13.1 Å². The predicted molar refractivity (Wildman–Crippen MR) is 68.4 cm³/mol. The Hall–Kier alpha value is -2.04. The summed E-state index contributed by atoms with van der Waals surface area (Å²) in [5.41, 5.74) is 0. The molecule has 0 atom stereocenters. The zero-order valence-corrected chi connectivity index (χ0v) is 10.8. The molecule has 0 saturated heterocycles. The molecule has 0 unspecified atom stereocenters. The van der Waals surface area contributed by atoms with Crippen molar-refractivity contribution in [3.63, 3.8) is 0 Å². The van der Waals surface area contributed by atoms with E-state index in [1.165, 1.54) is 11.9 Å². The van der Waals surface area contributed by atoms with E-state index in [1.54, 1.807) is 24.3 Å². The molecule has 1 rings (SSSR count). The standard InChI is InChI=1S/C13H18N2O3/c1-10(2)14-12(16)9-15(3)13(17)18-11-7-5-4-6-8-11/h4-8,10H,9H2,1-3H3,(H,14,16). The van der Waals surface area contributed by atoms with E-state index in [9.17, 15) is 9.59 Å². The summed E-state index contributed by atoms with van der Waals surface area (Å²) in [6, 6.07) is 8.79. The number of hydrogen-bond donors (Lipinski definition) is 1. The van der Waals surface area contributed by atoms with Gasteiger partial charge < -0.3 is 15.0 Å². The van der Waals surface area contributed by atoms with Gasteiger partial charge in [-0.15, -0.1) is 0 Å². The molecule has 1 N–H and O–H groups in total. The van der Waals surface area contributed by atoms with E-state index in [0.29, 0.717) is 5.75 Å². The maximum atomic E-state index is 11.7. The highest BCUT2D eigenvalue weighted by atomic mass is 16.6. The van der Waals surface area contributed by atoms with Crippen molar-refractivity contribution in [2.75, 3.05) is 13.6 Å². The summed E-state index contributed by atoms with van der Waals surface area (Å²) in [6.45, 7) is 3.70. The van der Waals surface area contributed by atoms with Crippen molar-refractivity contribution in [3.05, 3.63) is 30.3 Å². The molecule has 5 heteroatoms. The Kier molecular flexibility index (Phi) is 5.17. The van der Waals surface area contributed by atoms with Gasteiger partial charge in [0.15, 0.2) is 0 Å². The predicted octanol–water partition coefficient (Wildman–Crippen LogP) is 1.64. The highest BCUT2D eigenvalue weighted by Gasteiger charge is 2.15. The van der Waals surface area contributed by atoms with Crippen molar-refractivity contribution in [1.82, 2.24) is 10.2 Å². The van der Waals surface area contributed by atoms with Gasteiger partial charge in [-0.1, -0.05) is 18.2 Å². The lowest BCUT2D eigenvalue weighted by Gasteiger charge is -2.17. The molecular weight excluding hydrogens is 232 g/mol. The van der Waals surface area contributed by atoms with Crippen LogP contribution in [0.25, 0.3) is 0 Å². The van der Waals surface area contributed by atoms with Gasteiger partial charge >= 0.3 is 6.09 Å². The van der Waals surface area contributed by atoms with Crippen LogP contribution in [-0.4, -0.2) is 36.5 Å². The molecular formula is C13H18N2O3. The van der Waals surface area contributed by atoms with Gasteiger partial charge in [0.2, 0.25) is 5.91 Å². The van der Waals surface area contributed by atoms with Crippen LogP contribution < -0.4 is 10.1 Å². The quantitative estimate of drug-likeness (QED) is 0.883. The van der Waals surface area contributed by atoms with Crippen molar-refractivity contribution >= 4 is 12.0 Å². The van der Waals surface area contributed by atoms with Crippen molar-refractivity contribution in [2.24, 2.45) is 0 Å². The highest BCUT2D eigenvalue weighted by molar-refractivity contribution is 5.82. The average Bonchev–Trinajstić information content (AvgIpc) is 2.28. The first-order valence-corrected chi connectivity index (χ1v) is 5.76. The maximum Gasteiger partial charge on any atom is 0.415 e. The molecule has 0 aromatic heterocycles. The Balaban J connectivity index is 2.44. The lowest BCUT2D eigenvalue weighted by atomic mass is 10.3. The molecule has 0 fully saturated rings. The fraction of sp³-hybridized carbons (Fsp3) is 0.385. The fourth-order valence-corrected chi connectivity index (χ4v) is 1.31. The van der Waals surface area contributed by atoms with Gasteiger partial charge in [-0.25, -0.2) is 4.79 Å². The van der Waals surface area contributed by atoms with Crippen LogP contribution in [0.3, 0.4) is 0 Å². The second-order valence-electron chi connectivity index (χ2n) is 4.26. The van der Waals surface area contributed by atoms with Gasteiger partial charge in [0.1, 0.15) is 12.3 Å². The van der Waals surface area contributed by atoms with Crippen LogP contribution in [-0.2, 0) is 4.79 Å². The SMILES string of the molecule is CC(C)NC(=O)CN(C)C(=O)Oc1ccccc1. The van der Waals surface area contributed by atoms with E-state index in [2.05, 4.69) is 5.32 Å². The minimum Gasteiger partial charge on any atom is -0.410 e. The molecule has 0 bridgehead atoms. The maximum absolute atomic E-state index is 11.7. The van der Waals surface area contributed by atoms with E-state index in [-0.39, 0.29) is 18.5 Å². The number of amides is 2. The van der Waals surface area contributed by atoms with Crippen molar-refractivity contribution in [1.29, 1.82) is 0 Å². The number of nitrogens with one attached hydrogen (secondary N) is 1. The Morgan fingerprint density at radius 3 is 2.44 bits per heavy atom. The molecule has 0 aliphatic heterocycles. The third kappa shape index (κ3) is 4.86. The van der Waals surface area contributed by atoms with Crippen LogP contribution >= 0.6 is 0 Å². The van der Waals surface area contributed by atoms with E-state index >= 15 is 0 Å². The molecule has 2 amide bonds. The van der Waals surface area contributed by atoms with Crippen molar-refractivity contribution in [3.8, 4) is 5.75 Å². The lowest BCUT2D eigenvalue weighted by molar-refractivity contribution is -0.122. The highest BCUT2D eigenvalue weighted by Crippen LogP contribution is 2.09. The number of carbonyl (C=O) groups excluding carboxylic acids is 2. The molecule has 0 saturated carbocycles. The molecule has 1 aromatic carbocycles. The third-order valence-corrected chi connectivity index (χ3v) is 2.09. The Morgan fingerprint density at radius 2 is 1.89 bits per heavy atom. The van der Waals surface area contributed by atoms with Crippen molar-refractivity contribution in [2.45, 2.75) is 19.9 Å². The van der Waals surface area contributed by atoms with E-state index in [4.69, 9.17) is 4.74 Å². The Morgan fingerprint density at radius 1 is 1.28 bits per heavy atom. The number of nitrogens with zero attached hydrogens (tertiary/aromatic N) is 1. The summed E-state index contributed by atoms with van der Waals surface area (Å²) in [5.74, 6) is 0.246. The van der Waals surface area contributed by atoms with Crippen LogP contribution in [0.15, 0.2) is 30.3 Å². The summed E-state index contributed by atoms with van der Waals surface area (Å²) < 4.78 is 5.09. The van der Waals surface area contributed by atoms with E-state index in [0.717, 1.165) is 0 Å². The molecule has 98 valence electrons. The number of hydrogen-bond acceptors (Lipinski definition) is 3. The first-order chi connectivity index (χ1) is 8.49. The normalized spacial score (nSPS) is 10.0. The number of benzene rings is 1. The second kappa shape index (κ2) is 6.64. The van der Waals surface area contributed by atoms with E-state index in [1.807, 2.05) is 19.9 Å². The third-order valence-electron chi connectivity index (χ3n) is 2.09. The zero-order chi connectivity index (χ0) is 13.5. The van der Waals surface area contributed by atoms with Crippen LogP contribution in [0.2, 0.25) is 0 Å². The van der Waals surface area contributed by atoms with Gasteiger partial charge in [0.25, 0.3) is 0 Å². The largest absolute Gasteiger partial charge is 0.415 e. The minimum atomic E-state index is -0.555. The summed E-state index contributed by atoms with van der Waals surface area (Å²) in [5, 5.41) is 2.70. The molecule has 0 spiro atoms. The number of para-hydroxylation sites is 1. The summed E-state index contributed by atoms with van der Waals surface area (Å²) in [6.07, 6.45) is -0.555. The zero-order valence-electron chi connectivity index (χ0n) is 10.8. The van der Waals surface area contributed by atoms with Crippen LogP contribution in [0, 0.1) is 0 Å². The van der Waals surface area contributed by atoms with Gasteiger partial charge in [-0.3, -0.25) is 4.79 Å². The van der Waals surface area contributed by atoms with E-state index < -0.39 is 6.09 Å².